The van der Waals surface area contributed by atoms with Gasteiger partial charge in [0.25, 0.3) is 0 Å². The maximum atomic E-state index is 13.9. The van der Waals surface area contributed by atoms with Gasteiger partial charge in [-0.05, 0) is 49.7 Å². The molecule has 0 aliphatic rings. The van der Waals surface area contributed by atoms with E-state index < -0.39 is 11.1 Å². The largest absolute Gasteiger partial charge is 0.485 e. The SMILES string of the molecule is Cc1ccccc1OCc1nnc(SC(C)C(=O)Nc2ccccc2F)n1-c1ccccc1. The summed E-state index contributed by atoms with van der Waals surface area (Å²) in [5.74, 6) is 0.567. The first kappa shape index (κ1) is 22.5. The number of rotatable bonds is 8. The van der Waals surface area contributed by atoms with Crippen molar-refractivity contribution in [2.75, 3.05) is 5.32 Å². The quantitative estimate of drug-likeness (QED) is 0.355. The van der Waals surface area contributed by atoms with Crippen LogP contribution in [-0.4, -0.2) is 25.9 Å². The van der Waals surface area contributed by atoms with E-state index in [4.69, 9.17) is 4.74 Å². The van der Waals surface area contributed by atoms with Gasteiger partial charge >= 0.3 is 0 Å². The second-order valence-corrected chi connectivity index (χ2v) is 8.66. The minimum absolute atomic E-state index is 0.145. The number of para-hydroxylation sites is 3. The molecule has 3 aromatic carbocycles. The summed E-state index contributed by atoms with van der Waals surface area (Å²) in [5, 5.41) is 11.3. The van der Waals surface area contributed by atoms with Crippen molar-refractivity contribution in [1.29, 1.82) is 0 Å². The molecule has 1 unspecified atom stereocenters. The van der Waals surface area contributed by atoms with Crippen molar-refractivity contribution in [3.05, 3.63) is 96.1 Å². The summed E-state index contributed by atoms with van der Waals surface area (Å²) in [6.07, 6.45) is 0. The molecule has 1 aromatic heterocycles. The molecule has 1 atom stereocenters. The zero-order chi connectivity index (χ0) is 23.2. The molecule has 0 fully saturated rings. The van der Waals surface area contributed by atoms with Gasteiger partial charge in [-0.2, -0.15) is 0 Å². The minimum atomic E-state index is -0.540. The molecule has 4 rings (SSSR count). The summed E-state index contributed by atoms with van der Waals surface area (Å²) < 4.78 is 21.8. The summed E-state index contributed by atoms with van der Waals surface area (Å²) in [5.41, 5.74) is 2.03. The van der Waals surface area contributed by atoms with Crippen LogP contribution in [0.5, 0.6) is 5.75 Å². The maximum absolute atomic E-state index is 13.9. The number of carbonyl (C=O) groups is 1. The van der Waals surface area contributed by atoms with Gasteiger partial charge in [-0.15, -0.1) is 10.2 Å². The predicted molar refractivity (Wildman–Crippen MR) is 127 cm³/mol. The lowest BCUT2D eigenvalue weighted by atomic mass is 10.2. The summed E-state index contributed by atoms with van der Waals surface area (Å²) in [7, 11) is 0. The lowest BCUT2D eigenvalue weighted by Gasteiger charge is -2.15. The van der Waals surface area contributed by atoms with E-state index in [1.807, 2.05) is 66.1 Å². The number of aromatic nitrogens is 3. The van der Waals surface area contributed by atoms with Gasteiger partial charge < -0.3 is 10.1 Å². The average molecular weight is 463 g/mol. The number of ether oxygens (including phenoxy) is 1. The van der Waals surface area contributed by atoms with Gasteiger partial charge in [0.15, 0.2) is 11.0 Å². The van der Waals surface area contributed by atoms with Crippen LogP contribution in [0.1, 0.15) is 18.3 Å². The van der Waals surface area contributed by atoms with Crippen LogP contribution in [0, 0.1) is 12.7 Å². The Morgan fingerprint density at radius 2 is 1.73 bits per heavy atom. The molecule has 8 heteroatoms. The third kappa shape index (κ3) is 5.40. The van der Waals surface area contributed by atoms with E-state index in [9.17, 15) is 9.18 Å². The molecule has 0 radical (unpaired) electrons. The zero-order valence-electron chi connectivity index (χ0n) is 18.2. The third-order valence-corrected chi connectivity index (χ3v) is 5.99. The summed E-state index contributed by atoms with van der Waals surface area (Å²) in [6.45, 7) is 3.94. The van der Waals surface area contributed by atoms with Crippen LogP contribution in [0.15, 0.2) is 84.0 Å². The standard InChI is InChI=1S/C25H23FN4O2S/c1-17-10-6-9-15-22(17)32-16-23-28-29-25(30(23)19-11-4-3-5-12-19)33-18(2)24(31)27-21-14-8-7-13-20(21)26/h3-15,18H,16H2,1-2H3,(H,27,31). The van der Waals surface area contributed by atoms with Gasteiger partial charge in [0.05, 0.1) is 10.9 Å². The Labute approximate surface area is 195 Å². The van der Waals surface area contributed by atoms with Crippen LogP contribution >= 0.6 is 11.8 Å². The zero-order valence-corrected chi connectivity index (χ0v) is 19.1. The Kier molecular flexibility index (Phi) is 7.04. The van der Waals surface area contributed by atoms with Crippen molar-refractivity contribution < 1.29 is 13.9 Å². The monoisotopic (exact) mass is 462 g/mol. The fourth-order valence-electron chi connectivity index (χ4n) is 3.18. The number of thioether (sulfide) groups is 1. The van der Waals surface area contributed by atoms with Gasteiger partial charge in [-0.25, -0.2) is 4.39 Å². The third-order valence-electron chi connectivity index (χ3n) is 4.95. The van der Waals surface area contributed by atoms with Gasteiger partial charge in [-0.3, -0.25) is 9.36 Å². The number of aryl methyl sites for hydroxylation is 1. The molecule has 1 heterocycles. The molecule has 0 bridgehead atoms. The number of carbonyl (C=O) groups excluding carboxylic acids is 1. The number of nitrogens with one attached hydrogen (secondary N) is 1. The number of hydrogen-bond acceptors (Lipinski definition) is 5. The molecular weight excluding hydrogens is 439 g/mol. The van der Waals surface area contributed by atoms with Crippen molar-refractivity contribution in [3.8, 4) is 11.4 Å². The van der Waals surface area contributed by atoms with Gasteiger partial charge in [0, 0.05) is 5.69 Å². The van der Waals surface area contributed by atoms with E-state index in [1.54, 1.807) is 19.1 Å². The normalized spacial score (nSPS) is 11.7. The molecule has 0 aliphatic carbocycles. The van der Waals surface area contributed by atoms with Gasteiger partial charge in [-0.1, -0.05) is 60.3 Å². The highest BCUT2D eigenvalue weighted by molar-refractivity contribution is 8.00. The molecule has 6 nitrogen and oxygen atoms in total. The van der Waals surface area contributed by atoms with E-state index in [2.05, 4.69) is 15.5 Å². The molecule has 33 heavy (non-hydrogen) atoms. The van der Waals surface area contributed by atoms with Crippen molar-refractivity contribution >= 4 is 23.4 Å². The molecule has 1 N–H and O–H groups in total. The van der Waals surface area contributed by atoms with E-state index >= 15 is 0 Å². The lowest BCUT2D eigenvalue weighted by molar-refractivity contribution is -0.115. The van der Waals surface area contributed by atoms with Crippen molar-refractivity contribution in [2.24, 2.45) is 0 Å². The first-order valence-electron chi connectivity index (χ1n) is 10.4. The molecule has 0 aliphatic heterocycles. The number of hydrogen-bond donors (Lipinski definition) is 1. The summed E-state index contributed by atoms with van der Waals surface area (Å²) in [6, 6.07) is 23.5. The molecular formula is C25H23FN4O2S. The van der Waals surface area contributed by atoms with E-state index in [-0.39, 0.29) is 18.2 Å². The highest BCUT2D eigenvalue weighted by Gasteiger charge is 2.22. The van der Waals surface area contributed by atoms with Gasteiger partial charge in [0.1, 0.15) is 18.2 Å². The predicted octanol–water partition coefficient (Wildman–Crippen LogP) is 5.41. The van der Waals surface area contributed by atoms with Crippen LogP contribution in [-0.2, 0) is 11.4 Å². The molecule has 168 valence electrons. The number of anilines is 1. The molecule has 0 saturated carbocycles. The number of amides is 1. The first-order chi connectivity index (χ1) is 16.0. The second-order valence-electron chi connectivity index (χ2n) is 7.35. The Balaban J connectivity index is 1.55. The maximum Gasteiger partial charge on any atom is 0.237 e. The Bertz CT molecular complexity index is 1250. The van der Waals surface area contributed by atoms with E-state index in [0.29, 0.717) is 11.0 Å². The van der Waals surface area contributed by atoms with Crippen LogP contribution in [0.25, 0.3) is 5.69 Å². The minimum Gasteiger partial charge on any atom is -0.485 e. The smallest absolute Gasteiger partial charge is 0.237 e. The van der Waals surface area contributed by atoms with Crippen molar-refractivity contribution in [3.63, 3.8) is 0 Å². The summed E-state index contributed by atoms with van der Waals surface area (Å²) in [4.78, 5) is 12.7. The summed E-state index contributed by atoms with van der Waals surface area (Å²) >= 11 is 1.24. The Morgan fingerprint density at radius 3 is 2.48 bits per heavy atom. The van der Waals surface area contributed by atoms with Crippen LogP contribution in [0.4, 0.5) is 10.1 Å². The van der Waals surface area contributed by atoms with Crippen molar-refractivity contribution in [1.82, 2.24) is 14.8 Å². The highest BCUT2D eigenvalue weighted by atomic mass is 32.2. The highest BCUT2D eigenvalue weighted by Crippen LogP contribution is 2.28. The topological polar surface area (TPSA) is 69.0 Å². The first-order valence-corrected chi connectivity index (χ1v) is 11.3. The number of halogens is 1. The van der Waals surface area contributed by atoms with E-state index in [1.165, 1.54) is 23.9 Å². The molecule has 0 spiro atoms. The van der Waals surface area contributed by atoms with Crippen LogP contribution < -0.4 is 10.1 Å². The van der Waals surface area contributed by atoms with Gasteiger partial charge in [0.2, 0.25) is 5.91 Å². The van der Waals surface area contributed by atoms with Crippen LogP contribution in [0.3, 0.4) is 0 Å². The molecule has 1 amide bonds. The number of benzene rings is 3. The Morgan fingerprint density at radius 1 is 1.03 bits per heavy atom. The number of nitrogens with zero attached hydrogens (tertiary/aromatic N) is 3. The molecule has 0 saturated heterocycles. The fraction of sp³-hybridized carbons (Fsp3) is 0.160. The fourth-order valence-corrected chi connectivity index (χ4v) is 4.06. The second kappa shape index (κ2) is 10.3. The Hall–Kier alpha value is -3.65. The van der Waals surface area contributed by atoms with Crippen molar-refractivity contribution in [2.45, 2.75) is 30.9 Å². The van der Waals surface area contributed by atoms with E-state index in [0.717, 1.165) is 17.0 Å². The average Bonchev–Trinajstić information content (AvgIpc) is 3.22. The van der Waals surface area contributed by atoms with Crippen LogP contribution in [0.2, 0.25) is 0 Å². The lowest BCUT2D eigenvalue weighted by Crippen LogP contribution is -2.23. The molecule has 4 aromatic rings.